The fourth-order valence-corrected chi connectivity index (χ4v) is 4.11. The van der Waals surface area contributed by atoms with Crippen molar-refractivity contribution in [3.05, 3.63) is 78.5 Å². The zero-order chi connectivity index (χ0) is 20.1. The summed E-state index contributed by atoms with van der Waals surface area (Å²) in [5.74, 6) is 1.02. The van der Waals surface area contributed by atoms with E-state index in [1.807, 2.05) is 52.9 Å². The quantitative estimate of drug-likeness (QED) is 0.633. The second-order valence-corrected chi connectivity index (χ2v) is 7.55. The molecule has 2 heterocycles. The van der Waals surface area contributed by atoms with Gasteiger partial charge in [0.25, 0.3) is 0 Å². The first-order valence-electron chi connectivity index (χ1n) is 10.4. The Balaban J connectivity index is 1.51. The Morgan fingerprint density at radius 3 is 2.31 bits per heavy atom. The number of para-hydroxylation sites is 1. The number of piperidine rings is 1. The van der Waals surface area contributed by atoms with Crippen molar-refractivity contribution in [1.82, 2.24) is 14.7 Å². The molecular formula is C24H28N4O. The summed E-state index contributed by atoms with van der Waals surface area (Å²) in [5.41, 5.74) is 2.32. The number of amides is 1. The minimum atomic E-state index is 0.157. The number of likely N-dealkylation sites (tertiary alicyclic amines) is 1. The maximum atomic E-state index is 12.9. The molecule has 0 radical (unpaired) electrons. The van der Waals surface area contributed by atoms with E-state index < -0.39 is 0 Å². The fraction of sp³-hybridized carbons (Fsp3) is 0.333. The number of carbonyl (C=O) groups excluding carboxylic acids is 1. The molecule has 1 aromatic heterocycles. The third-order valence-corrected chi connectivity index (χ3v) is 5.61. The Morgan fingerprint density at radius 1 is 1.00 bits per heavy atom. The van der Waals surface area contributed by atoms with Crippen molar-refractivity contribution >= 4 is 11.7 Å². The number of rotatable bonds is 6. The summed E-state index contributed by atoms with van der Waals surface area (Å²) in [5, 5.41) is 4.50. The smallest absolute Gasteiger partial charge is 0.228 e. The van der Waals surface area contributed by atoms with E-state index in [0.29, 0.717) is 6.42 Å². The molecule has 0 aliphatic carbocycles. The maximum absolute atomic E-state index is 12.9. The van der Waals surface area contributed by atoms with E-state index in [-0.39, 0.29) is 11.9 Å². The molecule has 3 aromatic rings. The summed E-state index contributed by atoms with van der Waals surface area (Å²) in [6, 6.07) is 22.8. The molecule has 0 atom stereocenters. The molecule has 0 unspecified atom stereocenters. The van der Waals surface area contributed by atoms with Gasteiger partial charge < -0.3 is 0 Å². The second kappa shape index (κ2) is 9.05. The SMILES string of the molecule is CCC(=O)N(c1ccnn1-c1ccccc1)C1CCN(Cc2ccccc2)CC1. The predicted molar refractivity (Wildman–Crippen MR) is 116 cm³/mol. The van der Waals surface area contributed by atoms with Crippen LogP contribution in [0.3, 0.4) is 0 Å². The van der Waals surface area contributed by atoms with Crippen LogP contribution in [0.2, 0.25) is 0 Å². The second-order valence-electron chi connectivity index (χ2n) is 7.55. The summed E-state index contributed by atoms with van der Waals surface area (Å²) in [4.78, 5) is 17.4. The van der Waals surface area contributed by atoms with Gasteiger partial charge in [-0.1, -0.05) is 55.5 Å². The van der Waals surface area contributed by atoms with Crippen LogP contribution in [-0.2, 0) is 11.3 Å². The number of aromatic nitrogens is 2. The molecule has 1 saturated heterocycles. The standard InChI is InChI=1S/C24H28N4O/c1-2-24(29)27(23-13-16-25-28(23)22-11-7-4-8-12-22)21-14-17-26(18-15-21)19-20-9-5-3-6-10-20/h3-13,16,21H,2,14-15,17-19H2,1H3. The molecular weight excluding hydrogens is 360 g/mol. The first kappa shape index (κ1) is 19.4. The summed E-state index contributed by atoms with van der Waals surface area (Å²) in [7, 11) is 0. The van der Waals surface area contributed by atoms with Gasteiger partial charge in [-0.2, -0.15) is 5.10 Å². The number of hydrogen-bond donors (Lipinski definition) is 0. The molecule has 29 heavy (non-hydrogen) atoms. The number of benzene rings is 2. The van der Waals surface area contributed by atoms with Gasteiger partial charge in [-0.15, -0.1) is 0 Å². The van der Waals surface area contributed by atoms with E-state index in [2.05, 4.69) is 40.3 Å². The lowest BCUT2D eigenvalue weighted by molar-refractivity contribution is -0.119. The van der Waals surface area contributed by atoms with Crippen molar-refractivity contribution in [2.24, 2.45) is 0 Å². The van der Waals surface area contributed by atoms with Crippen LogP contribution >= 0.6 is 0 Å². The van der Waals surface area contributed by atoms with Gasteiger partial charge in [0.2, 0.25) is 5.91 Å². The monoisotopic (exact) mass is 388 g/mol. The average Bonchev–Trinajstić information content (AvgIpc) is 3.25. The lowest BCUT2D eigenvalue weighted by Crippen LogP contribution is -2.48. The van der Waals surface area contributed by atoms with Crippen molar-refractivity contribution in [2.45, 2.75) is 38.8 Å². The minimum Gasteiger partial charge on any atom is -0.299 e. The molecule has 0 bridgehead atoms. The van der Waals surface area contributed by atoms with Crippen molar-refractivity contribution < 1.29 is 4.79 Å². The van der Waals surface area contributed by atoms with E-state index in [1.165, 1.54) is 5.56 Å². The van der Waals surface area contributed by atoms with Crippen LogP contribution < -0.4 is 4.90 Å². The van der Waals surface area contributed by atoms with E-state index in [0.717, 1.165) is 44.0 Å². The normalized spacial score (nSPS) is 15.3. The molecule has 1 amide bonds. The Labute approximate surface area is 172 Å². The first-order chi connectivity index (χ1) is 14.3. The number of carbonyl (C=O) groups is 1. The van der Waals surface area contributed by atoms with Gasteiger partial charge in [0.15, 0.2) is 0 Å². The molecule has 150 valence electrons. The molecule has 0 N–H and O–H groups in total. The lowest BCUT2D eigenvalue weighted by atomic mass is 10.0. The fourth-order valence-electron chi connectivity index (χ4n) is 4.11. The summed E-state index contributed by atoms with van der Waals surface area (Å²) >= 11 is 0. The van der Waals surface area contributed by atoms with Crippen LogP contribution in [0.25, 0.3) is 5.69 Å². The topological polar surface area (TPSA) is 41.4 Å². The number of nitrogens with zero attached hydrogens (tertiary/aromatic N) is 4. The third-order valence-electron chi connectivity index (χ3n) is 5.61. The molecule has 1 fully saturated rings. The molecule has 2 aromatic carbocycles. The van der Waals surface area contributed by atoms with Crippen LogP contribution in [0.1, 0.15) is 31.7 Å². The molecule has 0 saturated carbocycles. The highest BCUT2D eigenvalue weighted by atomic mass is 16.2. The van der Waals surface area contributed by atoms with E-state index in [9.17, 15) is 4.79 Å². The highest BCUT2D eigenvalue weighted by molar-refractivity contribution is 5.93. The van der Waals surface area contributed by atoms with E-state index in [1.54, 1.807) is 6.20 Å². The van der Waals surface area contributed by atoms with Crippen molar-refractivity contribution in [2.75, 3.05) is 18.0 Å². The Kier molecular flexibility index (Phi) is 6.06. The summed E-state index contributed by atoms with van der Waals surface area (Å²) < 4.78 is 1.88. The third kappa shape index (κ3) is 4.40. The highest BCUT2D eigenvalue weighted by Crippen LogP contribution is 2.27. The van der Waals surface area contributed by atoms with Gasteiger partial charge in [-0.3, -0.25) is 14.6 Å². The van der Waals surface area contributed by atoms with Crippen molar-refractivity contribution in [3.63, 3.8) is 0 Å². The van der Waals surface area contributed by atoms with Gasteiger partial charge in [-0.25, -0.2) is 4.68 Å². The lowest BCUT2D eigenvalue weighted by Gasteiger charge is -2.38. The largest absolute Gasteiger partial charge is 0.299 e. The van der Waals surface area contributed by atoms with Gasteiger partial charge in [0.1, 0.15) is 5.82 Å². The summed E-state index contributed by atoms with van der Waals surface area (Å²) in [6.07, 6.45) is 4.21. The Morgan fingerprint density at radius 2 is 1.66 bits per heavy atom. The number of hydrogen-bond acceptors (Lipinski definition) is 3. The molecule has 5 nitrogen and oxygen atoms in total. The van der Waals surface area contributed by atoms with Crippen LogP contribution in [-0.4, -0.2) is 39.7 Å². The molecule has 0 spiro atoms. The highest BCUT2D eigenvalue weighted by Gasteiger charge is 2.30. The summed E-state index contributed by atoms with van der Waals surface area (Å²) in [6.45, 7) is 4.89. The Bertz CT molecular complexity index is 914. The zero-order valence-electron chi connectivity index (χ0n) is 16.9. The van der Waals surface area contributed by atoms with Crippen LogP contribution in [0.5, 0.6) is 0 Å². The van der Waals surface area contributed by atoms with E-state index >= 15 is 0 Å². The Hall–Kier alpha value is -2.92. The zero-order valence-corrected chi connectivity index (χ0v) is 16.9. The maximum Gasteiger partial charge on any atom is 0.228 e. The molecule has 1 aliphatic rings. The molecule has 1 aliphatic heterocycles. The van der Waals surface area contributed by atoms with Crippen LogP contribution in [0.4, 0.5) is 5.82 Å². The van der Waals surface area contributed by atoms with Gasteiger partial charge in [0.05, 0.1) is 11.9 Å². The van der Waals surface area contributed by atoms with Crippen LogP contribution in [0, 0.1) is 0 Å². The van der Waals surface area contributed by atoms with Gasteiger partial charge in [-0.05, 0) is 30.5 Å². The molecule has 5 heteroatoms. The predicted octanol–water partition coefficient (Wildman–Crippen LogP) is 4.28. The van der Waals surface area contributed by atoms with E-state index in [4.69, 9.17) is 0 Å². The average molecular weight is 389 g/mol. The van der Waals surface area contributed by atoms with Crippen LogP contribution in [0.15, 0.2) is 72.9 Å². The van der Waals surface area contributed by atoms with Gasteiger partial charge in [0, 0.05) is 38.2 Å². The van der Waals surface area contributed by atoms with Crippen molar-refractivity contribution in [3.8, 4) is 5.69 Å². The molecule has 4 rings (SSSR count). The number of anilines is 1. The minimum absolute atomic E-state index is 0.157. The first-order valence-corrected chi connectivity index (χ1v) is 10.4. The van der Waals surface area contributed by atoms with Crippen molar-refractivity contribution in [1.29, 1.82) is 0 Å². The van der Waals surface area contributed by atoms with Gasteiger partial charge >= 0.3 is 0 Å².